The molecule has 1 aromatic heterocycles. The van der Waals surface area contributed by atoms with Crippen molar-refractivity contribution in [2.75, 3.05) is 0 Å². The van der Waals surface area contributed by atoms with Crippen molar-refractivity contribution < 1.29 is 5.11 Å². The average Bonchev–Trinajstić information content (AvgIpc) is 3.22. The van der Waals surface area contributed by atoms with Crippen LogP contribution < -0.4 is 0 Å². The van der Waals surface area contributed by atoms with Crippen LogP contribution in [0.1, 0.15) is 38.2 Å². The SMILES string of the molecule is CCCCCCn1c(-c2ccccc2)nc(-c2ccccc2)c1-c1ccc(CO)cc1. The minimum absolute atomic E-state index is 0.0529. The maximum Gasteiger partial charge on any atom is 0.141 e. The number of rotatable bonds is 9. The molecule has 0 saturated carbocycles. The first-order valence-corrected chi connectivity index (χ1v) is 11.2. The molecule has 31 heavy (non-hydrogen) atoms. The zero-order valence-corrected chi connectivity index (χ0v) is 18.2. The largest absolute Gasteiger partial charge is 0.392 e. The molecule has 1 N–H and O–H groups in total. The Hall–Kier alpha value is -3.17. The molecule has 0 aliphatic rings. The molecule has 0 aliphatic heterocycles. The first-order chi connectivity index (χ1) is 15.3. The van der Waals surface area contributed by atoms with E-state index in [-0.39, 0.29) is 6.61 Å². The van der Waals surface area contributed by atoms with E-state index in [1.54, 1.807) is 0 Å². The minimum atomic E-state index is 0.0529. The van der Waals surface area contributed by atoms with Gasteiger partial charge in [0.1, 0.15) is 5.82 Å². The van der Waals surface area contributed by atoms with Crippen LogP contribution in [0.5, 0.6) is 0 Å². The first kappa shape index (κ1) is 21.1. The summed E-state index contributed by atoms with van der Waals surface area (Å²) in [5, 5.41) is 9.49. The summed E-state index contributed by atoms with van der Waals surface area (Å²) < 4.78 is 2.39. The lowest BCUT2D eigenvalue weighted by Gasteiger charge is -2.14. The Labute approximate surface area is 185 Å². The van der Waals surface area contributed by atoms with Gasteiger partial charge >= 0.3 is 0 Å². The van der Waals surface area contributed by atoms with Crippen LogP contribution in [0.2, 0.25) is 0 Å². The van der Waals surface area contributed by atoms with Gasteiger partial charge in [-0.15, -0.1) is 0 Å². The number of unbranched alkanes of at least 4 members (excludes halogenated alkanes) is 3. The Morgan fingerprint density at radius 2 is 1.35 bits per heavy atom. The normalized spacial score (nSPS) is 11.0. The van der Waals surface area contributed by atoms with E-state index in [1.165, 1.54) is 19.3 Å². The van der Waals surface area contributed by atoms with Gasteiger partial charge in [0, 0.05) is 23.2 Å². The van der Waals surface area contributed by atoms with Gasteiger partial charge in [0.2, 0.25) is 0 Å². The van der Waals surface area contributed by atoms with Crippen molar-refractivity contribution in [3.05, 3.63) is 90.5 Å². The molecule has 4 rings (SSSR count). The molecule has 0 atom stereocenters. The smallest absolute Gasteiger partial charge is 0.141 e. The number of hydrogen-bond donors (Lipinski definition) is 1. The molecule has 0 saturated heterocycles. The van der Waals surface area contributed by atoms with Gasteiger partial charge in [-0.3, -0.25) is 0 Å². The van der Waals surface area contributed by atoms with E-state index in [2.05, 4.69) is 72.2 Å². The fourth-order valence-electron chi connectivity index (χ4n) is 4.03. The number of aromatic nitrogens is 2. The third-order valence-electron chi connectivity index (χ3n) is 5.69. The average molecular weight is 411 g/mol. The van der Waals surface area contributed by atoms with Crippen molar-refractivity contribution in [1.82, 2.24) is 9.55 Å². The molecule has 0 unspecified atom stereocenters. The lowest BCUT2D eigenvalue weighted by molar-refractivity contribution is 0.282. The highest BCUT2D eigenvalue weighted by molar-refractivity contribution is 5.82. The molecule has 4 aromatic rings. The summed E-state index contributed by atoms with van der Waals surface area (Å²) in [5.74, 6) is 1.01. The maximum absolute atomic E-state index is 9.49. The van der Waals surface area contributed by atoms with Gasteiger partial charge in [0.05, 0.1) is 18.0 Å². The second-order valence-corrected chi connectivity index (χ2v) is 7.93. The lowest BCUT2D eigenvalue weighted by atomic mass is 10.0. The zero-order valence-electron chi connectivity index (χ0n) is 18.2. The van der Waals surface area contributed by atoms with Crippen LogP contribution in [0, 0.1) is 0 Å². The molecule has 0 aliphatic carbocycles. The molecular weight excluding hydrogens is 380 g/mol. The third-order valence-corrected chi connectivity index (χ3v) is 5.69. The second kappa shape index (κ2) is 10.2. The van der Waals surface area contributed by atoms with Gasteiger partial charge < -0.3 is 9.67 Å². The highest BCUT2D eigenvalue weighted by atomic mass is 16.3. The highest BCUT2D eigenvalue weighted by Gasteiger charge is 2.20. The van der Waals surface area contributed by atoms with E-state index < -0.39 is 0 Å². The van der Waals surface area contributed by atoms with Gasteiger partial charge in [0.15, 0.2) is 0 Å². The Morgan fingerprint density at radius 3 is 1.97 bits per heavy atom. The summed E-state index contributed by atoms with van der Waals surface area (Å²) in [4.78, 5) is 5.18. The molecule has 0 spiro atoms. The first-order valence-electron chi connectivity index (χ1n) is 11.2. The van der Waals surface area contributed by atoms with Crippen LogP contribution in [0.25, 0.3) is 33.9 Å². The van der Waals surface area contributed by atoms with Gasteiger partial charge in [0.25, 0.3) is 0 Å². The lowest BCUT2D eigenvalue weighted by Crippen LogP contribution is -2.03. The highest BCUT2D eigenvalue weighted by Crippen LogP contribution is 2.36. The summed E-state index contributed by atoms with van der Waals surface area (Å²) >= 11 is 0. The number of aliphatic hydroxyl groups is 1. The Kier molecular flexibility index (Phi) is 6.96. The van der Waals surface area contributed by atoms with Crippen molar-refractivity contribution in [2.45, 2.75) is 45.8 Å². The maximum atomic E-state index is 9.49. The van der Waals surface area contributed by atoms with Gasteiger partial charge in [-0.25, -0.2) is 4.98 Å². The van der Waals surface area contributed by atoms with Gasteiger partial charge in [-0.05, 0) is 12.0 Å². The zero-order chi connectivity index (χ0) is 21.5. The Balaban J connectivity index is 1.90. The van der Waals surface area contributed by atoms with Crippen LogP contribution in [0.3, 0.4) is 0 Å². The van der Waals surface area contributed by atoms with Crippen molar-refractivity contribution in [2.24, 2.45) is 0 Å². The van der Waals surface area contributed by atoms with Gasteiger partial charge in [-0.1, -0.05) is 111 Å². The molecule has 0 bridgehead atoms. The predicted molar refractivity (Wildman–Crippen MR) is 129 cm³/mol. The van der Waals surface area contributed by atoms with E-state index in [0.29, 0.717) is 0 Å². The van der Waals surface area contributed by atoms with Gasteiger partial charge in [-0.2, -0.15) is 0 Å². The molecule has 0 radical (unpaired) electrons. The molecule has 0 fully saturated rings. The fourth-order valence-corrected chi connectivity index (χ4v) is 4.03. The number of nitrogens with zero attached hydrogens (tertiary/aromatic N) is 2. The van der Waals surface area contributed by atoms with E-state index in [1.807, 2.05) is 24.3 Å². The van der Waals surface area contributed by atoms with Crippen molar-refractivity contribution in [3.8, 4) is 33.9 Å². The standard InChI is InChI=1S/C28H30N2O/c1-2-3-4-11-20-30-27(24-18-16-22(21-31)17-19-24)26(23-12-7-5-8-13-23)29-28(30)25-14-9-6-10-15-25/h5-10,12-19,31H,2-4,11,20-21H2,1H3. The van der Waals surface area contributed by atoms with Crippen LogP contribution in [-0.2, 0) is 13.2 Å². The van der Waals surface area contributed by atoms with Crippen LogP contribution >= 0.6 is 0 Å². The quantitative estimate of drug-likeness (QED) is 0.303. The summed E-state index contributed by atoms with van der Waals surface area (Å²) in [6.45, 7) is 3.23. The summed E-state index contributed by atoms with van der Waals surface area (Å²) in [5.41, 5.74) is 6.45. The topological polar surface area (TPSA) is 38.0 Å². The molecule has 3 heteroatoms. The fraction of sp³-hybridized carbons (Fsp3) is 0.250. The molecule has 158 valence electrons. The number of hydrogen-bond acceptors (Lipinski definition) is 2. The Morgan fingerprint density at radius 1 is 0.710 bits per heavy atom. The van der Waals surface area contributed by atoms with Crippen molar-refractivity contribution in [3.63, 3.8) is 0 Å². The number of aliphatic hydroxyl groups excluding tert-OH is 1. The third kappa shape index (κ3) is 4.78. The molecule has 3 aromatic carbocycles. The van der Waals surface area contributed by atoms with E-state index in [9.17, 15) is 5.11 Å². The number of imidazole rings is 1. The molecule has 3 nitrogen and oxygen atoms in total. The van der Waals surface area contributed by atoms with E-state index >= 15 is 0 Å². The molecule has 0 amide bonds. The summed E-state index contributed by atoms with van der Waals surface area (Å²) in [7, 11) is 0. The van der Waals surface area contributed by atoms with Crippen LogP contribution in [0.4, 0.5) is 0 Å². The predicted octanol–water partition coefficient (Wildman–Crippen LogP) is 6.96. The molecule has 1 heterocycles. The van der Waals surface area contributed by atoms with E-state index in [0.717, 1.165) is 52.4 Å². The van der Waals surface area contributed by atoms with E-state index in [4.69, 9.17) is 4.98 Å². The van der Waals surface area contributed by atoms with Crippen LogP contribution in [-0.4, -0.2) is 14.7 Å². The summed E-state index contributed by atoms with van der Waals surface area (Å²) in [6.07, 6.45) is 4.81. The molecular formula is C28H30N2O. The monoisotopic (exact) mass is 410 g/mol. The summed E-state index contributed by atoms with van der Waals surface area (Å²) in [6, 6.07) is 29.1. The van der Waals surface area contributed by atoms with Crippen molar-refractivity contribution >= 4 is 0 Å². The van der Waals surface area contributed by atoms with Crippen molar-refractivity contribution in [1.29, 1.82) is 0 Å². The Bertz CT molecular complexity index is 1080. The number of benzene rings is 3. The van der Waals surface area contributed by atoms with Crippen LogP contribution in [0.15, 0.2) is 84.9 Å². The second-order valence-electron chi connectivity index (χ2n) is 7.93. The minimum Gasteiger partial charge on any atom is -0.392 e.